The molecule has 2 unspecified atom stereocenters. The van der Waals surface area contributed by atoms with E-state index in [2.05, 4.69) is 36.4 Å². The quantitative estimate of drug-likeness (QED) is 0.892. The van der Waals surface area contributed by atoms with Crippen molar-refractivity contribution in [3.63, 3.8) is 0 Å². The van der Waals surface area contributed by atoms with Crippen molar-refractivity contribution in [3.05, 3.63) is 11.9 Å². The van der Waals surface area contributed by atoms with Gasteiger partial charge in [-0.3, -0.25) is 0 Å². The summed E-state index contributed by atoms with van der Waals surface area (Å²) < 4.78 is 2.31. The largest absolute Gasteiger partial charge is 0.339 e. The third-order valence-electron chi connectivity index (χ3n) is 3.80. The maximum Gasteiger partial charge on any atom is 0.205 e. The minimum atomic E-state index is 0.358. The molecular weight excluding hydrogens is 224 g/mol. The van der Waals surface area contributed by atoms with E-state index in [0.717, 1.165) is 37.6 Å². The van der Waals surface area contributed by atoms with E-state index in [1.165, 1.54) is 12.8 Å². The second-order valence-corrected chi connectivity index (χ2v) is 5.56. The average molecular weight is 250 g/mol. The topological polar surface area (TPSA) is 47.1 Å². The van der Waals surface area contributed by atoms with Crippen molar-refractivity contribution in [3.8, 4) is 0 Å². The molecule has 0 spiro atoms. The Balaban J connectivity index is 2.16. The Kier molecular flexibility index (Phi) is 4.27. The van der Waals surface area contributed by atoms with Gasteiger partial charge in [-0.2, -0.15) is 0 Å². The zero-order valence-electron chi connectivity index (χ0n) is 11.9. The predicted molar refractivity (Wildman–Crippen MR) is 75.9 cm³/mol. The Morgan fingerprint density at radius 3 is 2.94 bits per heavy atom. The molecule has 2 N–H and O–H groups in total. The monoisotopic (exact) mass is 250 g/mol. The summed E-state index contributed by atoms with van der Waals surface area (Å²) in [6.45, 7) is 8.67. The van der Waals surface area contributed by atoms with Crippen molar-refractivity contribution in [1.29, 1.82) is 0 Å². The molecule has 18 heavy (non-hydrogen) atoms. The number of rotatable bonds is 4. The number of unbranched alkanes of at least 4 members (excludes halogenated alkanes) is 1. The third-order valence-corrected chi connectivity index (χ3v) is 3.80. The molecule has 1 aromatic heterocycles. The number of aryl methyl sites for hydroxylation is 2. The first-order valence-corrected chi connectivity index (χ1v) is 7.17. The van der Waals surface area contributed by atoms with Crippen LogP contribution in [-0.2, 0) is 6.54 Å². The van der Waals surface area contributed by atoms with E-state index < -0.39 is 0 Å². The molecule has 1 aliphatic rings. The molecule has 1 aliphatic heterocycles. The summed E-state index contributed by atoms with van der Waals surface area (Å²) in [5.74, 6) is 1.14. The van der Waals surface area contributed by atoms with E-state index in [1.54, 1.807) is 0 Å². The van der Waals surface area contributed by atoms with Crippen LogP contribution in [0.1, 0.15) is 45.2 Å². The van der Waals surface area contributed by atoms with Crippen molar-refractivity contribution in [1.82, 2.24) is 9.55 Å². The Labute approximate surface area is 110 Å². The highest BCUT2D eigenvalue weighted by Gasteiger charge is 2.26. The van der Waals surface area contributed by atoms with Crippen LogP contribution < -0.4 is 10.6 Å². The number of anilines is 1. The fraction of sp³-hybridized carbons (Fsp3) is 0.786. The zero-order valence-corrected chi connectivity index (χ0v) is 11.9. The summed E-state index contributed by atoms with van der Waals surface area (Å²) >= 11 is 0. The average Bonchev–Trinajstić information content (AvgIpc) is 2.67. The van der Waals surface area contributed by atoms with Gasteiger partial charge in [0.05, 0.1) is 5.69 Å². The zero-order chi connectivity index (χ0) is 13.1. The summed E-state index contributed by atoms with van der Waals surface area (Å²) in [7, 11) is 0. The molecule has 2 heterocycles. The second-order valence-electron chi connectivity index (χ2n) is 5.56. The predicted octanol–water partition coefficient (Wildman–Crippen LogP) is 2.31. The van der Waals surface area contributed by atoms with Crippen LogP contribution >= 0.6 is 0 Å². The van der Waals surface area contributed by atoms with Crippen LogP contribution in [0.2, 0.25) is 0 Å². The van der Waals surface area contributed by atoms with Gasteiger partial charge >= 0.3 is 0 Å². The van der Waals surface area contributed by atoms with Gasteiger partial charge in [0.25, 0.3) is 0 Å². The number of piperidine rings is 1. The molecule has 102 valence electrons. The van der Waals surface area contributed by atoms with E-state index in [-0.39, 0.29) is 0 Å². The molecule has 2 atom stereocenters. The summed E-state index contributed by atoms with van der Waals surface area (Å²) in [5.41, 5.74) is 7.15. The second kappa shape index (κ2) is 5.74. The van der Waals surface area contributed by atoms with Crippen LogP contribution in [0.3, 0.4) is 0 Å². The minimum Gasteiger partial charge on any atom is -0.339 e. The fourth-order valence-corrected chi connectivity index (χ4v) is 2.76. The summed E-state index contributed by atoms with van der Waals surface area (Å²) in [6.07, 6.45) is 6.75. The van der Waals surface area contributed by atoms with Gasteiger partial charge in [-0.15, -0.1) is 0 Å². The summed E-state index contributed by atoms with van der Waals surface area (Å²) in [6, 6.07) is 0.854. The highest BCUT2D eigenvalue weighted by molar-refractivity contribution is 5.36. The van der Waals surface area contributed by atoms with Crippen molar-refractivity contribution in [2.24, 2.45) is 5.73 Å². The van der Waals surface area contributed by atoms with E-state index in [0.29, 0.717) is 12.1 Å². The van der Waals surface area contributed by atoms with Gasteiger partial charge in [0.2, 0.25) is 5.95 Å². The third kappa shape index (κ3) is 2.86. The molecule has 2 rings (SSSR count). The fourth-order valence-electron chi connectivity index (χ4n) is 2.76. The molecule has 0 radical (unpaired) electrons. The number of hydrogen-bond donors (Lipinski definition) is 1. The molecule has 4 nitrogen and oxygen atoms in total. The number of nitrogens with two attached hydrogens (primary N) is 1. The lowest BCUT2D eigenvalue weighted by molar-refractivity contribution is 0.418. The lowest BCUT2D eigenvalue weighted by atomic mass is 10.00. The van der Waals surface area contributed by atoms with Crippen molar-refractivity contribution in [2.45, 2.75) is 65.1 Å². The molecule has 1 saturated heterocycles. The molecule has 0 saturated carbocycles. The van der Waals surface area contributed by atoms with Gasteiger partial charge in [0.1, 0.15) is 0 Å². The Hall–Kier alpha value is -1.03. The van der Waals surface area contributed by atoms with Gasteiger partial charge in [-0.25, -0.2) is 4.98 Å². The molecule has 1 fully saturated rings. The minimum absolute atomic E-state index is 0.358. The molecule has 0 amide bonds. The summed E-state index contributed by atoms with van der Waals surface area (Å²) in [4.78, 5) is 7.13. The Morgan fingerprint density at radius 2 is 2.28 bits per heavy atom. The lowest BCUT2D eigenvalue weighted by Gasteiger charge is -2.37. The highest BCUT2D eigenvalue weighted by Crippen LogP contribution is 2.24. The van der Waals surface area contributed by atoms with Crippen LogP contribution in [0.4, 0.5) is 5.95 Å². The van der Waals surface area contributed by atoms with Gasteiger partial charge in [-0.05, 0) is 33.1 Å². The SMILES string of the molecule is CCCCn1cc(C)nc1N1CCC(N)CC1C. The molecule has 0 aliphatic carbocycles. The van der Waals surface area contributed by atoms with E-state index in [4.69, 9.17) is 10.7 Å². The first kappa shape index (κ1) is 13.4. The molecule has 0 aromatic carbocycles. The van der Waals surface area contributed by atoms with Crippen LogP contribution in [0.15, 0.2) is 6.20 Å². The van der Waals surface area contributed by atoms with Crippen molar-refractivity contribution >= 4 is 5.95 Å². The van der Waals surface area contributed by atoms with Crippen molar-refractivity contribution < 1.29 is 0 Å². The van der Waals surface area contributed by atoms with E-state index >= 15 is 0 Å². The van der Waals surface area contributed by atoms with Gasteiger partial charge in [0, 0.05) is 31.4 Å². The Bertz CT molecular complexity index is 385. The van der Waals surface area contributed by atoms with E-state index in [9.17, 15) is 0 Å². The number of aromatic nitrogens is 2. The summed E-state index contributed by atoms with van der Waals surface area (Å²) in [5, 5.41) is 0. The number of hydrogen-bond acceptors (Lipinski definition) is 3. The van der Waals surface area contributed by atoms with Gasteiger partial charge in [-0.1, -0.05) is 13.3 Å². The molecular formula is C14H26N4. The van der Waals surface area contributed by atoms with Crippen LogP contribution in [0, 0.1) is 6.92 Å². The van der Waals surface area contributed by atoms with Crippen molar-refractivity contribution in [2.75, 3.05) is 11.4 Å². The Morgan fingerprint density at radius 1 is 1.50 bits per heavy atom. The highest BCUT2D eigenvalue weighted by atomic mass is 15.3. The van der Waals surface area contributed by atoms with Crippen LogP contribution in [0.25, 0.3) is 0 Å². The normalized spacial score (nSPS) is 24.6. The smallest absolute Gasteiger partial charge is 0.205 e. The molecule has 1 aromatic rings. The van der Waals surface area contributed by atoms with E-state index in [1.807, 2.05) is 0 Å². The maximum absolute atomic E-state index is 6.04. The van der Waals surface area contributed by atoms with Gasteiger partial charge in [0.15, 0.2) is 0 Å². The van der Waals surface area contributed by atoms with Gasteiger partial charge < -0.3 is 15.2 Å². The number of imidazole rings is 1. The lowest BCUT2D eigenvalue weighted by Crippen LogP contribution is -2.46. The molecule has 0 bridgehead atoms. The first-order valence-electron chi connectivity index (χ1n) is 7.17. The number of nitrogens with zero attached hydrogens (tertiary/aromatic N) is 3. The first-order chi connectivity index (χ1) is 8.61. The molecule has 4 heteroatoms. The van der Waals surface area contributed by atoms with Crippen LogP contribution in [0.5, 0.6) is 0 Å². The standard InChI is InChI=1S/C14H26N4/c1-4-5-7-17-10-11(2)16-14(17)18-8-6-13(15)9-12(18)3/h10,12-13H,4-9,15H2,1-3H3. The van der Waals surface area contributed by atoms with Crippen LogP contribution in [-0.4, -0.2) is 28.2 Å². The maximum atomic E-state index is 6.04.